The molecule has 0 aliphatic heterocycles. The first-order valence-corrected chi connectivity index (χ1v) is 10.0. The highest BCUT2D eigenvalue weighted by Crippen LogP contribution is 2.33. The predicted molar refractivity (Wildman–Crippen MR) is 121 cm³/mol. The summed E-state index contributed by atoms with van der Waals surface area (Å²) in [5.74, 6) is 0.0255. The van der Waals surface area contributed by atoms with Gasteiger partial charge in [0.2, 0.25) is 0 Å². The van der Waals surface area contributed by atoms with Crippen LogP contribution >= 0.6 is 15.9 Å². The first kappa shape index (κ1) is 22.2. The first-order chi connectivity index (χ1) is 14.8. The average Bonchev–Trinajstić information content (AvgIpc) is 2.73. The molecule has 0 unspecified atom stereocenters. The Hall–Kier alpha value is -3.46. The molecule has 1 aromatic heterocycles. The van der Waals surface area contributed by atoms with Gasteiger partial charge in [-0.1, -0.05) is 22.0 Å². The lowest BCUT2D eigenvalue weighted by atomic mass is 10.1. The van der Waals surface area contributed by atoms with Crippen molar-refractivity contribution >= 4 is 39.0 Å². The van der Waals surface area contributed by atoms with Gasteiger partial charge >= 0.3 is 5.97 Å². The van der Waals surface area contributed by atoms with Crippen molar-refractivity contribution in [3.63, 3.8) is 0 Å². The van der Waals surface area contributed by atoms with E-state index in [1.165, 1.54) is 18.0 Å². The highest BCUT2D eigenvalue weighted by atomic mass is 79.9. The molecule has 0 fully saturated rings. The summed E-state index contributed by atoms with van der Waals surface area (Å²) in [6, 6.07) is 8.72. The molecule has 0 bridgehead atoms. The number of benzene rings is 2. The molecule has 3 rings (SSSR count). The van der Waals surface area contributed by atoms with Crippen LogP contribution in [0.5, 0.6) is 11.5 Å². The minimum atomic E-state index is -1.09. The van der Waals surface area contributed by atoms with Crippen molar-refractivity contribution in [2.24, 2.45) is 5.10 Å². The number of rotatable bonds is 8. The second-order valence-electron chi connectivity index (χ2n) is 6.57. The van der Waals surface area contributed by atoms with Crippen LogP contribution in [0.4, 0.5) is 0 Å². The molecule has 0 saturated carbocycles. The van der Waals surface area contributed by atoms with Gasteiger partial charge in [-0.25, -0.2) is 9.78 Å². The molecule has 0 spiro atoms. The number of aryl methyl sites for hydroxylation is 1. The first-order valence-electron chi connectivity index (χ1n) is 9.23. The van der Waals surface area contributed by atoms with Crippen molar-refractivity contribution in [3.05, 3.63) is 74.8 Å². The number of halogens is 1. The summed E-state index contributed by atoms with van der Waals surface area (Å²) in [5.41, 5.74) is 1.62. The van der Waals surface area contributed by atoms with Gasteiger partial charge in [-0.3, -0.25) is 4.79 Å². The van der Waals surface area contributed by atoms with Crippen molar-refractivity contribution in [2.75, 3.05) is 13.7 Å². The summed E-state index contributed by atoms with van der Waals surface area (Å²) in [7, 11) is 1.46. The van der Waals surface area contributed by atoms with E-state index in [0.717, 1.165) is 4.47 Å². The normalized spacial score (nSPS) is 11.1. The highest BCUT2D eigenvalue weighted by molar-refractivity contribution is 9.10. The van der Waals surface area contributed by atoms with E-state index in [2.05, 4.69) is 32.6 Å². The van der Waals surface area contributed by atoms with E-state index in [9.17, 15) is 9.59 Å². The molecule has 31 heavy (non-hydrogen) atoms. The minimum absolute atomic E-state index is 0.292. The number of ether oxygens (including phenoxy) is 2. The van der Waals surface area contributed by atoms with E-state index in [-0.39, 0.29) is 5.56 Å². The lowest BCUT2D eigenvalue weighted by Crippen LogP contribution is -2.20. The van der Waals surface area contributed by atoms with Gasteiger partial charge in [0, 0.05) is 10.0 Å². The van der Waals surface area contributed by atoms with Crippen LogP contribution in [0.1, 0.15) is 17.0 Å². The number of aromatic nitrogens is 2. The minimum Gasteiger partial charge on any atom is -0.493 e. The van der Waals surface area contributed by atoms with Gasteiger partial charge in [0.1, 0.15) is 5.82 Å². The zero-order valence-electron chi connectivity index (χ0n) is 17.0. The Balaban J connectivity index is 2.06. The molecule has 0 atom stereocenters. The molecule has 0 amide bonds. The van der Waals surface area contributed by atoms with Crippen LogP contribution in [0.25, 0.3) is 10.9 Å². The summed E-state index contributed by atoms with van der Waals surface area (Å²) < 4.78 is 12.8. The van der Waals surface area contributed by atoms with Gasteiger partial charge in [0.25, 0.3) is 5.56 Å². The fourth-order valence-electron chi connectivity index (χ4n) is 3.03. The van der Waals surface area contributed by atoms with E-state index >= 15 is 0 Å². The van der Waals surface area contributed by atoms with E-state index < -0.39 is 12.6 Å². The Morgan fingerprint density at radius 3 is 2.81 bits per heavy atom. The number of hydrogen-bond acceptors (Lipinski definition) is 6. The van der Waals surface area contributed by atoms with Crippen LogP contribution in [0.2, 0.25) is 0 Å². The number of fused-ring (bicyclic) bond motifs is 1. The molecule has 3 aromatic rings. The molecule has 8 nitrogen and oxygen atoms in total. The van der Waals surface area contributed by atoms with Crippen molar-refractivity contribution in [3.8, 4) is 11.5 Å². The number of carbonyl (C=O) groups is 1. The van der Waals surface area contributed by atoms with Gasteiger partial charge in [-0.2, -0.15) is 9.78 Å². The Kier molecular flexibility index (Phi) is 6.86. The van der Waals surface area contributed by atoms with Crippen molar-refractivity contribution < 1.29 is 19.4 Å². The van der Waals surface area contributed by atoms with Crippen LogP contribution in [0.15, 0.2) is 57.4 Å². The zero-order valence-corrected chi connectivity index (χ0v) is 18.5. The highest BCUT2D eigenvalue weighted by Gasteiger charge is 2.14. The third kappa shape index (κ3) is 5.00. The van der Waals surface area contributed by atoms with E-state index in [4.69, 9.17) is 14.6 Å². The quantitative estimate of drug-likeness (QED) is 0.386. The predicted octanol–water partition coefficient (Wildman–Crippen LogP) is 3.55. The van der Waals surface area contributed by atoms with Crippen LogP contribution in [0.3, 0.4) is 0 Å². The maximum absolute atomic E-state index is 12.9. The van der Waals surface area contributed by atoms with E-state index in [0.29, 0.717) is 45.8 Å². The third-order valence-electron chi connectivity index (χ3n) is 4.37. The van der Waals surface area contributed by atoms with Gasteiger partial charge < -0.3 is 14.6 Å². The molecule has 0 radical (unpaired) electrons. The monoisotopic (exact) mass is 485 g/mol. The van der Waals surface area contributed by atoms with Crippen molar-refractivity contribution in [1.29, 1.82) is 0 Å². The topological polar surface area (TPSA) is 103 Å². The SMILES string of the molecule is C=CCc1cc(C=Nn2c(C)nc3ccc(Br)cc3c2=O)cc(OC)c1OCC(=O)O. The molecule has 0 aliphatic carbocycles. The van der Waals surface area contributed by atoms with Crippen LogP contribution in [0, 0.1) is 6.92 Å². The van der Waals surface area contributed by atoms with E-state index in [1.807, 2.05) is 6.07 Å². The second kappa shape index (κ2) is 9.57. The second-order valence-corrected chi connectivity index (χ2v) is 7.48. The van der Waals surface area contributed by atoms with Crippen LogP contribution in [-0.4, -0.2) is 40.7 Å². The summed E-state index contributed by atoms with van der Waals surface area (Å²) >= 11 is 3.37. The smallest absolute Gasteiger partial charge is 0.341 e. The molecular formula is C22H20BrN3O5. The Morgan fingerprint density at radius 2 is 2.13 bits per heavy atom. The largest absolute Gasteiger partial charge is 0.493 e. The number of methoxy groups -OCH3 is 1. The maximum atomic E-state index is 12.9. The summed E-state index contributed by atoms with van der Waals surface area (Å²) in [4.78, 5) is 28.2. The number of nitrogens with zero attached hydrogens (tertiary/aromatic N) is 3. The number of carboxylic acids is 1. The fraction of sp³-hybridized carbons (Fsp3) is 0.182. The van der Waals surface area contributed by atoms with E-state index in [1.54, 1.807) is 37.3 Å². The number of carboxylic acid groups (broad SMARTS) is 1. The van der Waals surface area contributed by atoms with Gasteiger partial charge in [-0.15, -0.1) is 6.58 Å². The molecule has 1 N–H and O–H groups in total. The summed E-state index contributed by atoms with van der Waals surface area (Å²) in [6.07, 6.45) is 3.61. The van der Waals surface area contributed by atoms with Crippen molar-refractivity contribution in [2.45, 2.75) is 13.3 Å². The Labute approximate surface area is 186 Å². The molecule has 160 valence electrons. The fourth-order valence-corrected chi connectivity index (χ4v) is 3.40. The Bertz CT molecular complexity index is 1250. The average molecular weight is 486 g/mol. The van der Waals surface area contributed by atoms with Gasteiger partial charge in [-0.05, 0) is 49.2 Å². The number of hydrogen-bond donors (Lipinski definition) is 1. The standard InChI is InChI=1S/C22H20BrN3O5/c1-4-5-15-8-14(9-19(30-3)21(15)31-12-20(27)28)11-24-26-13(2)25-18-7-6-16(23)10-17(18)22(26)29/h4,6-11H,1,5,12H2,2-3H3,(H,27,28). The molecule has 9 heteroatoms. The molecule has 0 saturated heterocycles. The summed E-state index contributed by atoms with van der Waals surface area (Å²) in [5, 5.41) is 13.7. The lowest BCUT2D eigenvalue weighted by Gasteiger charge is -2.14. The molecule has 2 aromatic carbocycles. The molecule has 1 heterocycles. The van der Waals surface area contributed by atoms with Crippen LogP contribution in [-0.2, 0) is 11.2 Å². The lowest BCUT2D eigenvalue weighted by molar-refractivity contribution is -0.139. The van der Waals surface area contributed by atoms with Crippen LogP contribution < -0.4 is 15.0 Å². The zero-order chi connectivity index (χ0) is 22.5. The van der Waals surface area contributed by atoms with Gasteiger partial charge in [0.05, 0.1) is 24.2 Å². The number of allylic oxidation sites excluding steroid dienone is 1. The summed E-state index contributed by atoms with van der Waals surface area (Å²) in [6.45, 7) is 4.93. The maximum Gasteiger partial charge on any atom is 0.341 e. The third-order valence-corrected chi connectivity index (χ3v) is 4.86. The van der Waals surface area contributed by atoms with Gasteiger partial charge in [0.15, 0.2) is 18.1 Å². The molecule has 0 aliphatic rings. The Morgan fingerprint density at radius 1 is 1.35 bits per heavy atom. The molecular weight excluding hydrogens is 466 g/mol. The number of aliphatic carboxylic acids is 1. The van der Waals surface area contributed by atoms with Crippen molar-refractivity contribution in [1.82, 2.24) is 9.66 Å².